The van der Waals surface area contributed by atoms with Gasteiger partial charge in [-0.05, 0) is 37.3 Å². The fraction of sp³-hybridized carbons (Fsp3) is 0.0769. The molecular formula is C13H10BrN3. The second-order valence-corrected chi connectivity index (χ2v) is 4.83. The minimum atomic E-state index is 0.807. The quantitative estimate of drug-likeness (QED) is 0.742. The molecular weight excluding hydrogens is 278 g/mol. The second-order valence-electron chi connectivity index (χ2n) is 3.91. The average molecular weight is 288 g/mol. The molecule has 0 atom stereocenters. The van der Waals surface area contributed by atoms with Crippen LogP contribution in [0.1, 0.15) is 5.69 Å². The Morgan fingerprint density at radius 3 is 2.82 bits per heavy atom. The number of hydrogen-bond donors (Lipinski definition) is 1. The number of aryl methyl sites for hydroxylation is 1. The van der Waals surface area contributed by atoms with Crippen LogP contribution in [-0.2, 0) is 0 Å². The van der Waals surface area contributed by atoms with Crippen molar-refractivity contribution in [3.05, 3.63) is 46.6 Å². The summed E-state index contributed by atoms with van der Waals surface area (Å²) in [5.41, 5.74) is 3.82. The number of nitrogens with one attached hydrogen (secondary N) is 1. The predicted molar refractivity (Wildman–Crippen MR) is 71.8 cm³/mol. The summed E-state index contributed by atoms with van der Waals surface area (Å²) in [6.07, 6.45) is 0. The van der Waals surface area contributed by atoms with Gasteiger partial charge in [0.05, 0.1) is 11.0 Å². The third kappa shape index (κ3) is 1.96. The second kappa shape index (κ2) is 3.96. The molecule has 3 nitrogen and oxygen atoms in total. The van der Waals surface area contributed by atoms with E-state index in [0.717, 1.165) is 32.7 Å². The Kier molecular flexibility index (Phi) is 2.44. The van der Waals surface area contributed by atoms with Crippen LogP contribution in [0.25, 0.3) is 22.6 Å². The smallest absolute Gasteiger partial charge is 0.157 e. The molecule has 0 spiro atoms. The zero-order valence-corrected chi connectivity index (χ0v) is 10.8. The summed E-state index contributed by atoms with van der Waals surface area (Å²) in [6, 6.07) is 11.9. The molecule has 0 radical (unpaired) electrons. The summed E-state index contributed by atoms with van der Waals surface area (Å²) < 4.78 is 1.04. The van der Waals surface area contributed by atoms with E-state index in [1.54, 1.807) is 0 Å². The number of nitrogens with zero attached hydrogens (tertiary/aromatic N) is 2. The molecule has 0 amide bonds. The number of benzene rings is 1. The molecule has 0 aliphatic rings. The number of pyridine rings is 1. The standard InChI is InChI=1S/C13H10BrN3/c1-8-3-2-4-11(15-8)13-16-10-6-5-9(14)7-12(10)17-13/h2-7H,1H3,(H,16,17). The van der Waals surface area contributed by atoms with Crippen LogP contribution in [0, 0.1) is 6.92 Å². The predicted octanol–water partition coefficient (Wildman–Crippen LogP) is 3.70. The van der Waals surface area contributed by atoms with Crippen LogP contribution < -0.4 is 0 Å². The molecule has 0 saturated carbocycles. The van der Waals surface area contributed by atoms with Gasteiger partial charge in [-0.25, -0.2) is 9.97 Å². The van der Waals surface area contributed by atoms with Crippen molar-refractivity contribution in [2.75, 3.05) is 0 Å². The summed E-state index contributed by atoms with van der Waals surface area (Å²) in [6.45, 7) is 1.97. The molecule has 0 unspecified atom stereocenters. The van der Waals surface area contributed by atoms with Gasteiger partial charge < -0.3 is 4.98 Å². The van der Waals surface area contributed by atoms with Gasteiger partial charge in [0, 0.05) is 10.2 Å². The maximum absolute atomic E-state index is 4.53. The SMILES string of the molecule is Cc1cccc(-c2nc3ccc(Br)cc3[nH]2)n1. The number of fused-ring (bicyclic) bond motifs is 1. The number of halogens is 1. The summed E-state index contributed by atoms with van der Waals surface area (Å²) in [5, 5.41) is 0. The van der Waals surface area contributed by atoms with Crippen LogP contribution in [0.2, 0.25) is 0 Å². The van der Waals surface area contributed by atoms with E-state index in [4.69, 9.17) is 0 Å². The Morgan fingerprint density at radius 2 is 2.00 bits per heavy atom. The number of aromatic amines is 1. The van der Waals surface area contributed by atoms with Crippen molar-refractivity contribution in [2.45, 2.75) is 6.92 Å². The minimum Gasteiger partial charge on any atom is -0.337 e. The molecule has 4 heteroatoms. The molecule has 0 bridgehead atoms. The number of imidazole rings is 1. The van der Waals surface area contributed by atoms with Crippen LogP contribution in [0.4, 0.5) is 0 Å². The van der Waals surface area contributed by atoms with Crippen LogP contribution in [-0.4, -0.2) is 15.0 Å². The lowest BCUT2D eigenvalue weighted by molar-refractivity contribution is 1.17. The van der Waals surface area contributed by atoms with Crippen molar-refractivity contribution in [1.82, 2.24) is 15.0 Å². The third-order valence-corrected chi connectivity index (χ3v) is 3.07. The number of hydrogen-bond acceptors (Lipinski definition) is 2. The maximum Gasteiger partial charge on any atom is 0.157 e. The highest BCUT2D eigenvalue weighted by atomic mass is 79.9. The fourth-order valence-corrected chi connectivity index (χ4v) is 2.14. The van der Waals surface area contributed by atoms with Crippen molar-refractivity contribution < 1.29 is 0 Å². The van der Waals surface area contributed by atoms with Gasteiger partial charge in [-0.2, -0.15) is 0 Å². The van der Waals surface area contributed by atoms with E-state index in [1.807, 2.05) is 43.3 Å². The molecule has 1 aromatic carbocycles. The Balaban J connectivity index is 2.18. The molecule has 84 valence electrons. The monoisotopic (exact) mass is 287 g/mol. The number of aromatic nitrogens is 3. The topological polar surface area (TPSA) is 41.6 Å². The first-order chi connectivity index (χ1) is 8.22. The first-order valence-corrected chi connectivity index (χ1v) is 6.11. The van der Waals surface area contributed by atoms with E-state index >= 15 is 0 Å². The normalized spacial score (nSPS) is 10.9. The molecule has 17 heavy (non-hydrogen) atoms. The van der Waals surface area contributed by atoms with Crippen molar-refractivity contribution in [3.8, 4) is 11.5 Å². The lowest BCUT2D eigenvalue weighted by Crippen LogP contribution is -1.87. The average Bonchev–Trinajstić information content (AvgIpc) is 2.72. The van der Waals surface area contributed by atoms with E-state index in [9.17, 15) is 0 Å². The molecule has 0 fully saturated rings. The van der Waals surface area contributed by atoms with Crippen molar-refractivity contribution >= 4 is 27.0 Å². The fourth-order valence-electron chi connectivity index (χ4n) is 1.78. The number of rotatable bonds is 1. The van der Waals surface area contributed by atoms with Crippen LogP contribution in [0.3, 0.4) is 0 Å². The molecule has 0 saturated heterocycles. The highest BCUT2D eigenvalue weighted by molar-refractivity contribution is 9.10. The van der Waals surface area contributed by atoms with Gasteiger partial charge in [0.15, 0.2) is 5.82 Å². The summed E-state index contributed by atoms with van der Waals surface area (Å²) in [5.74, 6) is 0.807. The third-order valence-electron chi connectivity index (χ3n) is 2.57. The van der Waals surface area contributed by atoms with E-state index < -0.39 is 0 Å². The maximum atomic E-state index is 4.53. The highest BCUT2D eigenvalue weighted by Crippen LogP contribution is 2.21. The molecule has 3 rings (SSSR count). The molecule has 2 aromatic heterocycles. The summed E-state index contributed by atoms with van der Waals surface area (Å²) in [4.78, 5) is 12.3. The Hall–Kier alpha value is -1.68. The zero-order valence-electron chi connectivity index (χ0n) is 9.24. The van der Waals surface area contributed by atoms with Crippen molar-refractivity contribution in [3.63, 3.8) is 0 Å². The molecule has 2 heterocycles. The lowest BCUT2D eigenvalue weighted by Gasteiger charge is -1.96. The Morgan fingerprint density at radius 1 is 1.12 bits per heavy atom. The van der Waals surface area contributed by atoms with Crippen LogP contribution >= 0.6 is 15.9 Å². The van der Waals surface area contributed by atoms with Crippen molar-refractivity contribution in [1.29, 1.82) is 0 Å². The molecule has 1 N–H and O–H groups in total. The number of H-pyrrole nitrogens is 1. The molecule has 0 aliphatic carbocycles. The van der Waals surface area contributed by atoms with Gasteiger partial charge in [-0.1, -0.05) is 22.0 Å². The highest BCUT2D eigenvalue weighted by Gasteiger charge is 2.06. The Labute approximate surface area is 107 Å². The van der Waals surface area contributed by atoms with E-state index in [2.05, 4.69) is 30.9 Å². The molecule has 0 aliphatic heterocycles. The van der Waals surface area contributed by atoms with Crippen LogP contribution in [0.15, 0.2) is 40.9 Å². The van der Waals surface area contributed by atoms with E-state index in [0.29, 0.717) is 0 Å². The van der Waals surface area contributed by atoms with Gasteiger partial charge in [0.2, 0.25) is 0 Å². The summed E-state index contributed by atoms with van der Waals surface area (Å²) in [7, 11) is 0. The van der Waals surface area contributed by atoms with Gasteiger partial charge in [-0.15, -0.1) is 0 Å². The van der Waals surface area contributed by atoms with Gasteiger partial charge in [-0.3, -0.25) is 0 Å². The molecule has 3 aromatic rings. The largest absolute Gasteiger partial charge is 0.337 e. The lowest BCUT2D eigenvalue weighted by atomic mass is 10.3. The van der Waals surface area contributed by atoms with Crippen molar-refractivity contribution in [2.24, 2.45) is 0 Å². The first-order valence-electron chi connectivity index (χ1n) is 5.32. The zero-order chi connectivity index (χ0) is 11.8. The Bertz CT molecular complexity index is 688. The first kappa shape index (κ1) is 10.5. The summed E-state index contributed by atoms with van der Waals surface area (Å²) >= 11 is 3.45. The van der Waals surface area contributed by atoms with Crippen LogP contribution in [0.5, 0.6) is 0 Å². The van der Waals surface area contributed by atoms with E-state index in [-0.39, 0.29) is 0 Å². The van der Waals surface area contributed by atoms with Gasteiger partial charge in [0.25, 0.3) is 0 Å². The van der Waals surface area contributed by atoms with Gasteiger partial charge in [0.1, 0.15) is 5.69 Å². The minimum absolute atomic E-state index is 0.807. The van der Waals surface area contributed by atoms with E-state index in [1.165, 1.54) is 0 Å². The van der Waals surface area contributed by atoms with Gasteiger partial charge >= 0.3 is 0 Å².